The molecule has 2 aliphatic heterocycles. The molecule has 2 fully saturated rings. The minimum absolute atomic E-state index is 0.116. The number of fused-ring (bicyclic) bond motifs is 1. The van der Waals surface area contributed by atoms with Gasteiger partial charge in [-0.15, -0.1) is 0 Å². The molecule has 0 radical (unpaired) electrons. The Labute approximate surface area is 226 Å². The van der Waals surface area contributed by atoms with Gasteiger partial charge in [0.1, 0.15) is 29.2 Å². The third kappa shape index (κ3) is 8.00. The number of nitrogens with one attached hydrogen (secondary N) is 4. The average molecular weight is 554 g/mol. The van der Waals surface area contributed by atoms with Gasteiger partial charge < -0.3 is 30.9 Å². The predicted octanol–water partition coefficient (Wildman–Crippen LogP) is 0.782. The van der Waals surface area contributed by atoms with Crippen LogP contribution >= 0.6 is 0 Å². The van der Waals surface area contributed by atoms with Crippen LogP contribution in [0.4, 0.5) is 24.9 Å². The van der Waals surface area contributed by atoms with Crippen molar-refractivity contribution in [2.75, 3.05) is 83.3 Å². The summed E-state index contributed by atoms with van der Waals surface area (Å²) in [5.41, 5.74) is 2.03. The fourth-order valence-corrected chi connectivity index (χ4v) is 4.66. The molecule has 39 heavy (non-hydrogen) atoms. The SMILES string of the molecule is CN=CC=C(NC)Nc1nc(N2CCNCC2)nc2c(CN3CCN[C@@H](C)C3)nn(CCOCC(F)(F)F)c12. The lowest BCUT2D eigenvalue weighted by molar-refractivity contribution is -0.174. The zero-order chi connectivity index (χ0) is 27.8. The molecule has 0 aromatic carbocycles. The van der Waals surface area contributed by atoms with Gasteiger partial charge in [-0.3, -0.25) is 14.6 Å². The number of hydrogen-bond acceptors (Lipinski definition) is 11. The van der Waals surface area contributed by atoms with Crippen LogP contribution in [0.5, 0.6) is 0 Å². The molecule has 4 heterocycles. The van der Waals surface area contributed by atoms with Crippen molar-refractivity contribution >= 4 is 29.0 Å². The van der Waals surface area contributed by atoms with Crippen molar-refractivity contribution in [1.29, 1.82) is 0 Å². The van der Waals surface area contributed by atoms with Crippen molar-refractivity contribution in [2.45, 2.75) is 32.2 Å². The van der Waals surface area contributed by atoms with Crippen molar-refractivity contribution < 1.29 is 17.9 Å². The highest BCUT2D eigenvalue weighted by atomic mass is 19.4. The average Bonchev–Trinajstić information content (AvgIpc) is 3.26. The number of allylic oxidation sites excluding steroid dienone is 1. The third-order valence-electron chi connectivity index (χ3n) is 6.50. The molecular weight excluding hydrogens is 515 g/mol. The van der Waals surface area contributed by atoms with Gasteiger partial charge in [-0.05, 0) is 13.0 Å². The number of rotatable bonds is 11. The van der Waals surface area contributed by atoms with Crippen molar-refractivity contribution in [3.05, 3.63) is 17.6 Å². The molecule has 0 aliphatic carbocycles. The van der Waals surface area contributed by atoms with Crippen LogP contribution in [0.15, 0.2) is 16.9 Å². The van der Waals surface area contributed by atoms with Crippen LogP contribution in [0.3, 0.4) is 0 Å². The topological polar surface area (TPSA) is 120 Å². The van der Waals surface area contributed by atoms with E-state index in [1.165, 1.54) is 0 Å². The van der Waals surface area contributed by atoms with Gasteiger partial charge >= 0.3 is 6.18 Å². The van der Waals surface area contributed by atoms with Gasteiger partial charge in [0.25, 0.3) is 0 Å². The summed E-state index contributed by atoms with van der Waals surface area (Å²) in [6, 6.07) is 0.342. The second-order valence-corrected chi connectivity index (χ2v) is 9.60. The zero-order valence-corrected chi connectivity index (χ0v) is 22.7. The summed E-state index contributed by atoms with van der Waals surface area (Å²) in [7, 11) is 3.45. The number of aromatic nitrogens is 4. The molecule has 0 spiro atoms. The second-order valence-electron chi connectivity index (χ2n) is 9.60. The number of alkyl halides is 3. The third-order valence-corrected chi connectivity index (χ3v) is 6.50. The minimum Gasteiger partial charge on any atom is -0.375 e. The molecule has 4 rings (SSSR count). The maximum absolute atomic E-state index is 12.7. The first-order valence-corrected chi connectivity index (χ1v) is 13.2. The van der Waals surface area contributed by atoms with Crippen molar-refractivity contribution in [2.24, 2.45) is 4.99 Å². The maximum Gasteiger partial charge on any atom is 0.411 e. The lowest BCUT2D eigenvalue weighted by atomic mass is 10.2. The van der Waals surface area contributed by atoms with E-state index in [1.807, 2.05) is 0 Å². The van der Waals surface area contributed by atoms with Gasteiger partial charge in [-0.1, -0.05) is 0 Å². The molecule has 0 amide bonds. The summed E-state index contributed by atoms with van der Waals surface area (Å²) in [5.74, 6) is 1.72. The predicted molar refractivity (Wildman–Crippen MR) is 145 cm³/mol. The van der Waals surface area contributed by atoms with Crippen LogP contribution in [0.25, 0.3) is 11.0 Å². The van der Waals surface area contributed by atoms with Gasteiger partial charge in [0.15, 0.2) is 5.82 Å². The lowest BCUT2D eigenvalue weighted by Gasteiger charge is -2.31. The Balaban J connectivity index is 1.76. The molecule has 0 bridgehead atoms. The summed E-state index contributed by atoms with van der Waals surface area (Å²) in [6.07, 6.45) is -0.972. The first-order valence-electron chi connectivity index (χ1n) is 13.2. The van der Waals surface area contributed by atoms with Crippen LogP contribution in [0.1, 0.15) is 12.6 Å². The van der Waals surface area contributed by atoms with Crippen LogP contribution in [-0.2, 0) is 17.8 Å². The summed E-state index contributed by atoms with van der Waals surface area (Å²) in [4.78, 5) is 18.3. The first-order chi connectivity index (χ1) is 18.8. The van der Waals surface area contributed by atoms with Gasteiger partial charge in [0.2, 0.25) is 5.95 Å². The van der Waals surface area contributed by atoms with E-state index >= 15 is 0 Å². The molecule has 2 aliphatic rings. The molecule has 0 unspecified atom stereocenters. The number of piperazine rings is 2. The van der Waals surface area contributed by atoms with Crippen molar-refractivity contribution in [3.8, 4) is 0 Å². The second kappa shape index (κ2) is 13.4. The number of aliphatic imine (C=N–C) groups is 1. The molecule has 15 heteroatoms. The Morgan fingerprint density at radius 3 is 2.69 bits per heavy atom. The van der Waals surface area contributed by atoms with E-state index in [1.54, 1.807) is 31.1 Å². The number of hydrogen-bond donors (Lipinski definition) is 4. The van der Waals surface area contributed by atoms with Gasteiger partial charge in [0.05, 0.1) is 13.2 Å². The molecule has 0 saturated carbocycles. The molecule has 216 valence electrons. The van der Waals surface area contributed by atoms with E-state index in [9.17, 15) is 13.2 Å². The monoisotopic (exact) mass is 553 g/mol. The van der Waals surface area contributed by atoms with Gasteiger partial charge in [-0.25, -0.2) is 4.98 Å². The van der Waals surface area contributed by atoms with E-state index in [-0.39, 0.29) is 13.2 Å². The summed E-state index contributed by atoms with van der Waals surface area (Å²) in [6.45, 7) is 7.08. The first kappa shape index (κ1) is 29.0. The zero-order valence-electron chi connectivity index (χ0n) is 22.7. The Hall–Kier alpha value is -3.01. The number of ether oxygens (including phenoxy) is 1. The van der Waals surface area contributed by atoms with E-state index in [2.05, 4.69) is 43.0 Å². The molecular formula is C24H38F3N11O. The largest absolute Gasteiger partial charge is 0.411 e. The number of halogens is 3. The fourth-order valence-electron chi connectivity index (χ4n) is 4.66. The van der Waals surface area contributed by atoms with Crippen LogP contribution in [0.2, 0.25) is 0 Å². The molecule has 1 atom stereocenters. The van der Waals surface area contributed by atoms with Crippen molar-refractivity contribution in [3.63, 3.8) is 0 Å². The number of anilines is 2. The van der Waals surface area contributed by atoms with Crippen LogP contribution < -0.4 is 26.2 Å². The standard InChI is InChI=1S/C24H38F3N11O/c1-17-14-36(9-8-31-17)15-18-20-21(38(35-18)12-13-39-16-24(25,26)27)22(32-19(29-3)4-5-28-2)34-23(33-20)37-10-6-30-7-11-37/h4-5,17,29-31H,6-16H2,1-3H3,(H,32,33,34)/t17-/m0/s1. The molecule has 4 N–H and O–H groups in total. The Bertz CT molecular complexity index is 1140. The fraction of sp³-hybridized carbons (Fsp3) is 0.667. The lowest BCUT2D eigenvalue weighted by Crippen LogP contribution is -2.48. The summed E-state index contributed by atoms with van der Waals surface area (Å²) < 4.78 is 44.6. The highest BCUT2D eigenvalue weighted by molar-refractivity contribution is 5.90. The quantitative estimate of drug-likeness (QED) is 0.235. The Morgan fingerprint density at radius 1 is 1.21 bits per heavy atom. The van der Waals surface area contributed by atoms with Crippen LogP contribution in [0, 0.1) is 0 Å². The van der Waals surface area contributed by atoms with Gasteiger partial charge in [-0.2, -0.15) is 23.3 Å². The number of nitrogens with zero attached hydrogens (tertiary/aromatic N) is 7. The van der Waals surface area contributed by atoms with E-state index in [4.69, 9.17) is 19.8 Å². The highest BCUT2D eigenvalue weighted by Gasteiger charge is 2.28. The Kier molecular flexibility index (Phi) is 9.94. The molecule has 2 saturated heterocycles. The highest BCUT2D eigenvalue weighted by Crippen LogP contribution is 2.28. The van der Waals surface area contributed by atoms with Gasteiger partial charge in [0, 0.05) is 78.7 Å². The minimum atomic E-state index is -4.39. The summed E-state index contributed by atoms with van der Waals surface area (Å²) in [5, 5.41) is 18.0. The molecule has 2 aromatic heterocycles. The summed E-state index contributed by atoms with van der Waals surface area (Å²) >= 11 is 0. The Morgan fingerprint density at radius 2 is 2.00 bits per heavy atom. The van der Waals surface area contributed by atoms with E-state index in [0.717, 1.165) is 51.5 Å². The van der Waals surface area contributed by atoms with Crippen molar-refractivity contribution in [1.82, 2.24) is 40.6 Å². The maximum atomic E-state index is 12.7. The molecule has 12 nitrogen and oxygen atoms in total. The van der Waals surface area contributed by atoms with E-state index in [0.29, 0.717) is 41.2 Å². The van der Waals surface area contributed by atoms with E-state index < -0.39 is 12.8 Å². The smallest absolute Gasteiger partial charge is 0.375 e. The normalized spacial score (nSPS) is 19.8. The van der Waals surface area contributed by atoms with Crippen LogP contribution in [-0.4, -0.2) is 116 Å². The molecule has 2 aromatic rings.